The van der Waals surface area contributed by atoms with E-state index in [0.717, 1.165) is 36.5 Å². The minimum atomic E-state index is 0.0607. The summed E-state index contributed by atoms with van der Waals surface area (Å²) in [5.41, 5.74) is 1.11. The Morgan fingerprint density at radius 1 is 1.10 bits per heavy atom. The number of para-hydroxylation sites is 1. The summed E-state index contributed by atoms with van der Waals surface area (Å²) in [4.78, 5) is 12.9. The van der Waals surface area contributed by atoms with Crippen molar-refractivity contribution in [3.05, 3.63) is 29.8 Å². The smallest absolute Gasteiger partial charge is 0.143 e. The second kappa shape index (κ2) is 5.59. The molecule has 4 unspecified atom stereocenters. The molecule has 1 saturated carbocycles. The number of benzene rings is 1. The van der Waals surface area contributed by atoms with E-state index in [4.69, 9.17) is 4.74 Å². The zero-order valence-electron chi connectivity index (χ0n) is 12.5. The van der Waals surface area contributed by atoms with Crippen molar-refractivity contribution in [3.8, 4) is 5.75 Å². The Bertz CT molecular complexity index is 494. The molecule has 2 heteroatoms. The molecule has 0 radical (unpaired) electrons. The van der Waals surface area contributed by atoms with Crippen LogP contribution in [0.1, 0.15) is 51.0 Å². The van der Waals surface area contributed by atoms with Gasteiger partial charge in [0.05, 0.1) is 6.61 Å². The van der Waals surface area contributed by atoms with Crippen molar-refractivity contribution in [1.82, 2.24) is 0 Å². The number of rotatable bonds is 2. The number of ketones is 1. The molecule has 2 aliphatic rings. The molecule has 0 aromatic heterocycles. The molecule has 3 rings (SSSR count). The van der Waals surface area contributed by atoms with E-state index >= 15 is 0 Å². The highest BCUT2D eigenvalue weighted by Crippen LogP contribution is 2.40. The van der Waals surface area contributed by atoms with Crippen LogP contribution in [0, 0.1) is 17.8 Å². The SMILES string of the molecule is CC1CCC(C(=O)C2CCOc3ccccc32)CC1C. The van der Waals surface area contributed by atoms with Crippen molar-refractivity contribution in [2.45, 2.75) is 45.4 Å². The van der Waals surface area contributed by atoms with Gasteiger partial charge in [-0.1, -0.05) is 32.0 Å². The van der Waals surface area contributed by atoms with Gasteiger partial charge in [0.25, 0.3) is 0 Å². The zero-order chi connectivity index (χ0) is 14.1. The molecule has 2 nitrogen and oxygen atoms in total. The predicted octanol–water partition coefficient (Wildman–Crippen LogP) is 4.19. The third-order valence-electron chi connectivity index (χ3n) is 5.30. The molecule has 0 bridgehead atoms. The van der Waals surface area contributed by atoms with Gasteiger partial charge in [-0.15, -0.1) is 0 Å². The maximum absolute atomic E-state index is 12.9. The lowest BCUT2D eigenvalue weighted by molar-refractivity contribution is -0.126. The van der Waals surface area contributed by atoms with Gasteiger partial charge < -0.3 is 4.74 Å². The summed E-state index contributed by atoms with van der Waals surface area (Å²) in [6.07, 6.45) is 4.18. The average Bonchev–Trinajstić information content (AvgIpc) is 2.49. The minimum absolute atomic E-state index is 0.0607. The quantitative estimate of drug-likeness (QED) is 0.806. The van der Waals surface area contributed by atoms with Crippen LogP contribution in [-0.2, 0) is 4.79 Å². The highest BCUT2D eigenvalue weighted by Gasteiger charge is 2.35. The molecule has 1 fully saturated rings. The van der Waals surface area contributed by atoms with Gasteiger partial charge in [0.1, 0.15) is 11.5 Å². The first kappa shape index (κ1) is 13.7. The molecule has 1 heterocycles. The molecular weight excluding hydrogens is 248 g/mol. The Morgan fingerprint density at radius 3 is 2.70 bits per heavy atom. The van der Waals surface area contributed by atoms with Gasteiger partial charge in [0.2, 0.25) is 0 Å². The van der Waals surface area contributed by atoms with Gasteiger partial charge in [-0.25, -0.2) is 0 Å². The van der Waals surface area contributed by atoms with Crippen molar-refractivity contribution in [2.75, 3.05) is 6.61 Å². The van der Waals surface area contributed by atoms with Crippen molar-refractivity contribution in [1.29, 1.82) is 0 Å². The largest absolute Gasteiger partial charge is 0.493 e. The highest BCUT2D eigenvalue weighted by molar-refractivity contribution is 5.88. The van der Waals surface area contributed by atoms with E-state index < -0.39 is 0 Å². The lowest BCUT2D eigenvalue weighted by Crippen LogP contribution is -2.32. The van der Waals surface area contributed by atoms with Crippen LogP contribution in [0.15, 0.2) is 24.3 Å². The van der Waals surface area contributed by atoms with Crippen LogP contribution >= 0.6 is 0 Å². The van der Waals surface area contributed by atoms with E-state index in [1.54, 1.807) is 0 Å². The van der Waals surface area contributed by atoms with Crippen LogP contribution in [0.5, 0.6) is 5.75 Å². The van der Waals surface area contributed by atoms with E-state index in [0.29, 0.717) is 18.3 Å². The predicted molar refractivity (Wildman–Crippen MR) is 80.0 cm³/mol. The van der Waals surface area contributed by atoms with Gasteiger partial charge >= 0.3 is 0 Å². The first-order chi connectivity index (χ1) is 9.66. The third kappa shape index (κ3) is 2.48. The van der Waals surface area contributed by atoms with E-state index in [1.165, 1.54) is 6.42 Å². The first-order valence-electron chi connectivity index (χ1n) is 7.92. The second-order valence-electron chi connectivity index (χ2n) is 6.59. The van der Waals surface area contributed by atoms with Gasteiger partial charge in [-0.05, 0) is 43.6 Å². The summed E-state index contributed by atoms with van der Waals surface area (Å²) in [7, 11) is 0. The number of carbonyl (C=O) groups excluding carboxylic acids is 1. The molecule has 20 heavy (non-hydrogen) atoms. The van der Waals surface area contributed by atoms with E-state index in [2.05, 4.69) is 19.9 Å². The number of fused-ring (bicyclic) bond motifs is 1. The normalized spacial score (nSPS) is 33.1. The fourth-order valence-electron chi connectivity index (χ4n) is 3.73. The maximum Gasteiger partial charge on any atom is 0.143 e. The molecule has 1 aliphatic carbocycles. The maximum atomic E-state index is 12.9. The van der Waals surface area contributed by atoms with Crippen molar-refractivity contribution < 1.29 is 9.53 Å². The summed E-state index contributed by atoms with van der Waals surface area (Å²) in [6, 6.07) is 8.04. The molecule has 0 spiro atoms. The van der Waals surface area contributed by atoms with Crippen LogP contribution in [0.25, 0.3) is 0 Å². The number of hydrogen-bond donors (Lipinski definition) is 0. The van der Waals surface area contributed by atoms with Gasteiger partial charge in [0, 0.05) is 17.4 Å². The van der Waals surface area contributed by atoms with Gasteiger partial charge in [0.15, 0.2) is 0 Å². The number of carbonyl (C=O) groups is 1. The zero-order valence-corrected chi connectivity index (χ0v) is 12.5. The second-order valence-corrected chi connectivity index (χ2v) is 6.59. The molecule has 108 valence electrons. The Kier molecular flexibility index (Phi) is 3.82. The average molecular weight is 272 g/mol. The Hall–Kier alpha value is -1.31. The standard InChI is InChI=1S/C18H24O2/c1-12-7-8-14(11-13(12)2)18(19)16-9-10-20-17-6-4-3-5-15(16)17/h3-6,12-14,16H,7-11H2,1-2H3. The van der Waals surface area contributed by atoms with Crippen LogP contribution in [0.3, 0.4) is 0 Å². The van der Waals surface area contributed by atoms with E-state index in [1.807, 2.05) is 18.2 Å². The highest BCUT2D eigenvalue weighted by atomic mass is 16.5. The fraction of sp³-hybridized carbons (Fsp3) is 0.611. The van der Waals surface area contributed by atoms with Crippen LogP contribution in [0.4, 0.5) is 0 Å². The lowest BCUT2D eigenvalue weighted by Gasteiger charge is -2.34. The minimum Gasteiger partial charge on any atom is -0.493 e. The molecular formula is C18H24O2. The van der Waals surface area contributed by atoms with Gasteiger partial charge in [-0.2, -0.15) is 0 Å². The molecule has 0 N–H and O–H groups in total. The Labute approximate surface area is 121 Å². The van der Waals surface area contributed by atoms with Gasteiger partial charge in [-0.3, -0.25) is 4.79 Å². The fourth-order valence-corrected chi connectivity index (χ4v) is 3.73. The summed E-state index contributed by atoms with van der Waals surface area (Å²) < 4.78 is 5.68. The third-order valence-corrected chi connectivity index (χ3v) is 5.30. The van der Waals surface area contributed by atoms with E-state index in [-0.39, 0.29) is 11.8 Å². The van der Waals surface area contributed by atoms with Crippen molar-refractivity contribution in [3.63, 3.8) is 0 Å². The van der Waals surface area contributed by atoms with Crippen LogP contribution in [0.2, 0.25) is 0 Å². The van der Waals surface area contributed by atoms with Crippen molar-refractivity contribution in [2.24, 2.45) is 17.8 Å². The summed E-state index contributed by atoms with van der Waals surface area (Å²) in [5.74, 6) is 3.13. The molecule has 1 aromatic rings. The molecule has 1 aromatic carbocycles. The van der Waals surface area contributed by atoms with Crippen molar-refractivity contribution >= 4 is 5.78 Å². The molecule has 1 aliphatic heterocycles. The van der Waals surface area contributed by atoms with Crippen LogP contribution < -0.4 is 4.74 Å². The summed E-state index contributed by atoms with van der Waals surface area (Å²) in [5, 5.41) is 0. The van der Waals surface area contributed by atoms with Crippen LogP contribution in [-0.4, -0.2) is 12.4 Å². The summed E-state index contributed by atoms with van der Waals surface area (Å²) in [6.45, 7) is 5.28. The number of Topliss-reactive ketones (excluding diaryl/α,β-unsaturated/α-hetero) is 1. The Balaban J connectivity index is 1.78. The number of ether oxygens (including phenoxy) is 1. The number of hydrogen-bond acceptors (Lipinski definition) is 2. The molecule has 0 saturated heterocycles. The first-order valence-corrected chi connectivity index (χ1v) is 7.92. The summed E-state index contributed by atoms with van der Waals surface area (Å²) >= 11 is 0. The molecule has 4 atom stereocenters. The van der Waals surface area contributed by atoms with E-state index in [9.17, 15) is 4.79 Å². The topological polar surface area (TPSA) is 26.3 Å². The Morgan fingerprint density at radius 2 is 1.90 bits per heavy atom. The monoisotopic (exact) mass is 272 g/mol. The lowest BCUT2D eigenvalue weighted by atomic mass is 9.71. The molecule has 0 amide bonds.